The molecule has 0 unspecified atom stereocenters. The van der Waals surface area contributed by atoms with Crippen molar-refractivity contribution in [2.24, 2.45) is 0 Å². The molecule has 1 aromatic heterocycles. The van der Waals surface area contributed by atoms with Gasteiger partial charge in [-0.05, 0) is 31.9 Å². The van der Waals surface area contributed by atoms with Gasteiger partial charge in [-0.2, -0.15) is 0 Å². The van der Waals surface area contributed by atoms with Gasteiger partial charge in [0.2, 0.25) is 5.75 Å². The molecule has 3 rings (SSSR count). The standard InChI is InChI=1S/C20H27N3O4/c1-5-22-12-10-21-19(22)14-7-6-11-23(13-14)20(24)15-8-9-16(25-2)18(27-4)17(15)26-3/h8-10,12,14H,5-7,11,13H2,1-4H3/t14-/m1/s1. The molecule has 146 valence electrons. The van der Waals surface area contributed by atoms with Crippen LogP contribution in [0, 0.1) is 0 Å². The van der Waals surface area contributed by atoms with Crippen LogP contribution in [-0.2, 0) is 6.54 Å². The van der Waals surface area contributed by atoms with Crippen LogP contribution in [-0.4, -0.2) is 54.8 Å². The number of aryl methyl sites for hydroxylation is 1. The third kappa shape index (κ3) is 3.59. The summed E-state index contributed by atoms with van der Waals surface area (Å²) in [5.41, 5.74) is 0.481. The molecule has 0 radical (unpaired) electrons. The number of amides is 1. The number of hydrogen-bond donors (Lipinski definition) is 0. The molecule has 1 fully saturated rings. The van der Waals surface area contributed by atoms with Crippen LogP contribution < -0.4 is 14.2 Å². The highest BCUT2D eigenvalue weighted by atomic mass is 16.5. The molecule has 7 nitrogen and oxygen atoms in total. The monoisotopic (exact) mass is 373 g/mol. The molecule has 27 heavy (non-hydrogen) atoms. The summed E-state index contributed by atoms with van der Waals surface area (Å²) in [6.45, 7) is 4.35. The molecule has 1 aliphatic rings. The molecule has 2 heterocycles. The Morgan fingerprint density at radius 2 is 1.96 bits per heavy atom. The lowest BCUT2D eigenvalue weighted by atomic mass is 9.96. The van der Waals surface area contributed by atoms with Gasteiger partial charge in [0, 0.05) is 37.9 Å². The molecule has 7 heteroatoms. The minimum atomic E-state index is -0.0629. The van der Waals surface area contributed by atoms with Gasteiger partial charge in [-0.1, -0.05) is 0 Å². The number of imidazole rings is 1. The van der Waals surface area contributed by atoms with Crippen LogP contribution in [0.1, 0.15) is 41.9 Å². The van der Waals surface area contributed by atoms with E-state index in [1.807, 2.05) is 17.3 Å². The predicted octanol–water partition coefficient (Wildman–Crippen LogP) is 2.95. The second-order valence-electron chi connectivity index (χ2n) is 6.54. The summed E-state index contributed by atoms with van der Waals surface area (Å²) >= 11 is 0. The van der Waals surface area contributed by atoms with Crippen LogP contribution in [0.15, 0.2) is 24.5 Å². The van der Waals surface area contributed by atoms with E-state index in [0.717, 1.165) is 31.8 Å². The van der Waals surface area contributed by atoms with Crippen molar-refractivity contribution in [2.75, 3.05) is 34.4 Å². The summed E-state index contributed by atoms with van der Waals surface area (Å²) in [4.78, 5) is 19.6. The first kappa shape index (κ1) is 19.1. The van der Waals surface area contributed by atoms with Crippen molar-refractivity contribution >= 4 is 5.91 Å². The summed E-state index contributed by atoms with van der Waals surface area (Å²) in [5, 5.41) is 0. The number of ether oxygens (including phenoxy) is 3. The van der Waals surface area contributed by atoms with Crippen LogP contribution in [0.3, 0.4) is 0 Å². The summed E-state index contributed by atoms with van der Waals surface area (Å²) in [6, 6.07) is 3.47. The number of aromatic nitrogens is 2. The third-order valence-corrected chi connectivity index (χ3v) is 5.10. The Labute approximate surface area is 159 Å². The molecule has 0 spiro atoms. The Bertz CT molecular complexity index is 803. The van der Waals surface area contributed by atoms with Crippen molar-refractivity contribution in [1.29, 1.82) is 0 Å². The number of rotatable bonds is 6. The van der Waals surface area contributed by atoms with Gasteiger partial charge in [0.15, 0.2) is 11.5 Å². The SMILES string of the molecule is CCn1ccnc1[C@@H]1CCCN(C(=O)c2ccc(OC)c(OC)c2OC)C1. The fraction of sp³-hybridized carbons (Fsp3) is 0.500. The number of hydrogen-bond acceptors (Lipinski definition) is 5. The quantitative estimate of drug-likeness (QED) is 0.779. The van der Waals surface area contributed by atoms with Crippen LogP contribution >= 0.6 is 0 Å². The third-order valence-electron chi connectivity index (χ3n) is 5.10. The lowest BCUT2D eigenvalue weighted by Crippen LogP contribution is -2.40. The number of piperidine rings is 1. The fourth-order valence-electron chi connectivity index (χ4n) is 3.76. The summed E-state index contributed by atoms with van der Waals surface area (Å²) in [5.74, 6) is 2.59. The van der Waals surface area contributed by atoms with Crippen molar-refractivity contribution in [1.82, 2.24) is 14.5 Å². The molecule has 1 aliphatic heterocycles. The number of carbonyl (C=O) groups excluding carboxylic acids is 1. The van der Waals surface area contributed by atoms with E-state index in [9.17, 15) is 4.79 Å². The number of benzene rings is 1. The lowest BCUT2D eigenvalue weighted by molar-refractivity contribution is 0.0699. The number of methoxy groups -OCH3 is 3. The Morgan fingerprint density at radius 3 is 2.63 bits per heavy atom. The molecule has 2 aromatic rings. The average molecular weight is 373 g/mol. The minimum Gasteiger partial charge on any atom is -0.493 e. The first-order chi connectivity index (χ1) is 13.1. The molecular formula is C20H27N3O4. The zero-order valence-corrected chi connectivity index (χ0v) is 16.4. The topological polar surface area (TPSA) is 65.8 Å². The first-order valence-corrected chi connectivity index (χ1v) is 9.23. The molecule has 0 aliphatic carbocycles. The maximum absolute atomic E-state index is 13.2. The lowest BCUT2D eigenvalue weighted by Gasteiger charge is -2.33. The van der Waals surface area contributed by atoms with Crippen molar-refractivity contribution < 1.29 is 19.0 Å². The van der Waals surface area contributed by atoms with Gasteiger partial charge in [-0.25, -0.2) is 4.98 Å². The molecule has 1 atom stereocenters. The van der Waals surface area contributed by atoms with Gasteiger partial charge in [0.05, 0.1) is 26.9 Å². The number of nitrogens with zero attached hydrogens (tertiary/aromatic N) is 3. The van der Waals surface area contributed by atoms with Gasteiger partial charge in [-0.15, -0.1) is 0 Å². The van der Waals surface area contributed by atoms with Crippen LogP contribution in [0.4, 0.5) is 0 Å². The maximum atomic E-state index is 13.2. The van der Waals surface area contributed by atoms with Gasteiger partial charge >= 0.3 is 0 Å². The van der Waals surface area contributed by atoms with Crippen LogP contribution in [0.25, 0.3) is 0 Å². The second kappa shape index (κ2) is 8.33. The van der Waals surface area contributed by atoms with Crippen LogP contribution in [0.2, 0.25) is 0 Å². The summed E-state index contributed by atoms with van der Waals surface area (Å²) in [6.07, 6.45) is 5.80. The molecule has 0 N–H and O–H groups in total. The smallest absolute Gasteiger partial charge is 0.257 e. The van der Waals surface area contributed by atoms with E-state index in [-0.39, 0.29) is 11.8 Å². The molecular weight excluding hydrogens is 346 g/mol. The second-order valence-corrected chi connectivity index (χ2v) is 6.54. The highest BCUT2D eigenvalue weighted by molar-refractivity contribution is 5.98. The maximum Gasteiger partial charge on any atom is 0.257 e. The van der Waals surface area contributed by atoms with Crippen molar-refractivity contribution in [3.8, 4) is 17.2 Å². The minimum absolute atomic E-state index is 0.0629. The molecule has 0 bridgehead atoms. The largest absolute Gasteiger partial charge is 0.493 e. The average Bonchev–Trinajstić information content (AvgIpc) is 3.20. The van der Waals surface area contributed by atoms with Crippen molar-refractivity contribution in [3.63, 3.8) is 0 Å². The molecule has 1 amide bonds. The van der Waals surface area contributed by atoms with E-state index in [1.165, 1.54) is 14.2 Å². The molecule has 1 saturated heterocycles. The summed E-state index contributed by atoms with van der Waals surface area (Å²) in [7, 11) is 4.63. The fourth-order valence-corrected chi connectivity index (χ4v) is 3.76. The summed E-state index contributed by atoms with van der Waals surface area (Å²) < 4.78 is 18.4. The van der Waals surface area contributed by atoms with Crippen molar-refractivity contribution in [3.05, 3.63) is 35.9 Å². The highest BCUT2D eigenvalue weighted by Crippen LogP contribution is 2.40. The van der Waals surface area contributed by atoms with Crippen molar-refractivity contribution in [2.45, 2.75) is 32.2 Å². The van der Waals surface area contributed by atoms with Gasteiger partial charge in [0.1, 0.15) is 5.82 Å². The van der Waals surface area contributed by atoms with E-state index in [4.69, 9.17) is 14.2 Å². The molecule has 0 saturated carbocycles. The number of carbonyl (C=O) groups is 1. The van der Waals surface area contributed by atoms with Gasteiger partial charge in [0.25, 0.3) is 5.91 Å². The molecule has 1 aromatic carbocycles. The van der Waals surface area contributed by atoms with Gasteiger partial charge in [-0.3, -0.25) is 4.79 Å². The Balaban J connectivity index is 1.87. The Morgan fingerprint density at radius 1 is 1.19 bits per heavy atom. The van der Waals surface area contributed by atoms with E-state index < -0.39 is 0 Å². The predicted molar refractivity (Wildman–Crippen MR) is 102 cm³/mol. The van der Waals surface area contributed by atoms with Gasteiger partial charge < -0.3 is 23.7 Å². The highest BCUT2D eigenvalue weighted by Gasteiger charge is 2.30. The number of likely N-dealkylation sites (tertiary alicyclic amines) is 1. The van der Waals surface area contributed by atoms with E-state index >= 15 is 0 Å². The van der Waals surface area contributed by atoms with E-state index in [0.29, 0.717) is 29.4 Å². The zero-order valence-electron chi connectivity index (χ0n) is 16.4. The normalized spacial score (nSPS) is 16.9. The van der Waals surface area contributed by atoms with E-state index in [1.54, 1.807) is 19.2 Å². The van der Waals surface area contributed by atoms with E-state index in [2.05, 4.69) is 16.5 Å². The first-order valence-electron chi connectivity index (χ1n) is 9.23. The Kier molecular flexibility index (Phi) is 5.88. The van der Waals surface area contributed by atoms with Crippen LogP contribution in [0.5, 0.6) is 17.2 Å². The zero-order chi connectivity index (χ0) is 19.4. The Hall–Kier alpha value is -2.70.